The van der Waals surface area contributed by atoms with Gasteiger partial charge < -0.3 is 20.7 Å². The van der Waals surface area contributed by atoms with E-state index in [4.69, 9.17) is 10.5 Å². The van der Waals surface area contributed by atoms with Crippen molar-refractivity contribution in [3.8, 4) is 17.2 Å². The highest BCUT2D eigenvalue weighted by Gasteiger charge is 2.19. The summed E-state index contributed by atoms with van der Waals surface area (Å²) in [5.74, 6) is -0.135. The Morgan fingerprint density at radius 2 is 1.92 bits per heavy atom. The number of hydrogen-bond donors (Lipinski definition) is 3. The van der Waals surface area contributed by atoms with Crippen molar-refractivity contribution in [2.45, 2.75) is 19.3 Å². The van der Waals surface area contributed by atoms with E-state index >= 15 is 0 Å². The summed E-state index contributed by atoms with van der Waals surface area (Å²) in [6.07, 6.45) is 1.68. The molecule has 2 aromatic rings. The molecule has 2 rings (SSSR count). The first-order valence-electron chi connectivity index (χ1n) is 7.53. The van der Waals surface area contributed by atoms with Crippen molar-refractivity contribution < 1.29 is 19.7 Å². The number of aryl methyl sites for hydroxylation is 1. The first-order chi connectivity index (χ1) is 11.4. The van der Waals surface area contributed by atoms with Crippen LogP contribution in [0.15, 0.2) is 40.9 Å². The molecule has 5 nitrogen and oxygen atoms in total. The molecular formula is C18H20BrNO4. The minimum Gasteiger partial charge on any atom is -0.508 e. The quantitative estimate of drug-likeness (QED) is 0.673. The van der Waals surface area contributed by atoms with Gasteiger partial charge in [0.15, 0.2) is 11.5 Å². The van der Waals surface area contributed by atoms with Gasteiger partial charge in [0.1, 0.15) is 5.75 Å². The second-order valence-corrected chi connectivity index (χ2v) is 6.48. The van der Waals surface area contributed by atoms with Gasteiger partial charge >= 0.3 is 0 Å². The minimum absolute atomic E-state index is 0.0254. The predicted molar refractivity (Wildman–Crippen MR) is 95.2 cm³/mol. The number of hydrogen-bond acceptors (Lipinski definition) is 4. The van der Waals surface area contributed by atoms with E-state index in [9.17, 15) is 15.0 Å². The summed E-state index contributed by atoms with van der Waals surface area (Å²) < 4.78 is 5.81. The third-order valence-electron chi connectivity index (χ3n) is 3.93. The molecule has 0 bridgehead atoms. The van der Waals surface area contributed by atoms with Crippen LogP contribution in [-0.4, -0.2) is 23.2 Å². The number of nitrogens with two attached hydrogens (primary N) is 1. The SMILES string of the molecule is COc1cc(Br)c(CC(CCc2ccc(O)cc2)C(N)=O)cc1O. The van der Waals surface area contributed by atoms with Gasteiger partial charge in [-0.05, 0) is 54.7 Å². The van der Waals surface area contributed by atoms with Gasteiger partial charge in [0.25, 0.3) is 0 Å². The summed E-state index contributed by atoms with van der Waals surface area (Å²) in [4.78, 5) is 11.8. The Bertz CT molecular complexity index is 716. The van der Waals surface area contributed by atoms with Crippen LogP contribution in [0.2, 0.25) is 0 Å². The monoisotopic (exact) mass is 393 g/mol. The van der Waals surface area contributed by atoms with Crippen LogP contribution in [0.3, 0.4) is 0 Å². The first-order valence-corrected chi connectivity index (χ1v) is 8.32. The molecule has 0 fully saturated rings. The van der Waals surface area contributed by atoms with E-state index in [-0.39, 0.29) is 23.3 Å². The molecule has 1 unspecified atom stereocenters. The van der Waals surface area contributed by atoms with Crippen LogP contribution in [0, 0.1) is 5.92 Å². The lowest BCUT2D eigenvalue weighted by atomic mass is 9.92. The van der Waals surface area contributed by atoms with Gasteiger partial charge in [-0.2, -0.15) is 0 Å². The molecule has 0 heterocycles. The fourth-order valence-corrected chi connectivity index (χ4v) is 3.00. The zero-order valence-electron chi connectivity index (χ0n) is 13.3. The van der Waals surface area contributed by atoms with Crippen LogP contribution in [0.1, 0.15) is 17.5 Å². The highest BCUT2D eigenvalue weighted by molar-refractivity contribution is 9.10. The van der Waals surface area contributed by atoms with Gasteiger partial charge in [0, 0.05) is 10.4 Å². The summed E-state index contributed by atoms with van der Waals surface area (Å²) in [6.45, 7) is 0. The predicted octanol–water partition coefficient (Wildman–Crippen LogP) is 3.15. The second kappa shape index (κ2) is 8.06. The van der Waals surface area contributed by atoms with Gasteiger partial charge in [-0.3, -0.25) is 4.79 Å². The minimum atomic E-state index is -0.379. The summed E-state index contributed by atoms with van der Waals surface area (Å²) in [6, 6.07) is 10.1. The number of primary amides is 1. The normalized spacial score (nSPS) is 11.9. The Morgan fingerprint density at radius 3 is 2.50 bits per heavy atom. The van der Waals surface area contributed by atoms with Crippen molar-refractivity contribution >= 4 is 21.8 Å². The number of rotatable bonds is 7. The van der Waals surface area contributed by atoms with Crippen molar-refractivity contribution in [3.05, 3.63) is 52.0 Å². The van der Waals surface area contributed by atoms with Crippen LogP contribution in [0.4, 0.5) is 0 Å². The van der Waals surface area contributed by atoms with Crippen molar-refractivity contribution in [1.82, 2.24) is 0 Å². The molecule has 24 heavy (non-hydrogen) atoms. The smallest absolute Gasteiger partial charge is 0.220 e. The molecule has 1 atom stereocenters. The highest BCUT2D eigenvalue weighted by atomic mass is 79.9. The highest BCUT2D eigenvalue weighted by Crippen LogP contribution is 2.34. The van der Waals surface area contributed by atoms with Gasteiger partial charge in [0.2, 0.25) is 5.91 Å². The van der Waals surface area contributed by atoms with Crippen LogP contribution in [-0.2, 0) is 17.6 Å². The zero-order valence-corrected chi connectivity index (χ0v) is 14.9. The van der Waals surface area contributed by atoms with Crippen LogP contribution in [0.25, 0.3) is 0 Å². The molecule has 128 valence electrons. The fraction of sp³-hybridized carbons (Fsp3) is 0.278. The van der Waals surface area contributed by atoms with Gasteiger partial charge in [0.05, 0.1) is 7.11 Å². The van der Waals surface area contributed by atoms with Crippen LogP contribution < -0.4 is 10.5 Å². The molecule has 0 aliphatic rings. The number of ether oxygens (including phenoxy) is 1. The third kappa shape index (κ3) is 4.64. The molecule has 0 saturated heterocycles. The molecule has 0 spiro atoms. The number of aromatic hydroxyl groups is 2. The number of amides is 1. The molecule has 0 saturated carbocycles. The number of phenols is 2. The Hall–Kier alpha value is -2.21. The summed E-state index contributed by atoms with van der Waals surface area (Å²) in [7, 11) is 1.48. The van der Waals surface area contributed by atoms with E-state index in [1.807, 2.05) is 12.1 Å². The molecule has 6 heteroatoms. The molecule has 2 aromatic carbocycles. The number of halogens is 1. The largest absolute Gasteiger partial charge is 0.508 e. The van der Waals surface area contributed by atoms with Gasteiger partial charge in [-0.25, -0.2) is 0 Å². The molecular weight excluding hydrogens is 374 g/mol. The maximum Gasteiger partial charge on any atom is 0.220 e. The molecule has 0 aliphatic heterocycles. The van der Waals surface area contributed by atoms with E-state index < -0.39 is 0 Å². The lowest BCUT2D eigenvalue weighted by Gasteiger charge is -2.16. The number of benzene rings is 2. The lowest BCUT2D eigenvalue weighted by Crippen LogP contribution is -2.25. The zero-order chi connectivity index (χ0) is 17.7. The summed E-state index contributed by atoms with van der Waals surface area (Å²) in [5, 5.41) is 19.2. The maximum absolute atomic E-state index is 11.8. The lowest BCUT2D eigenvalue weighted by molar-refractivity contribution is -0.121. The first kappa shape index (κ1) is 18.1. The van der Waals surface area contributed by atoms with E-state index in [0.29, 0.717) is 25.0 Å². The molecule has 0 aliphatic carbocycles. The Balaban J connectivity index is 2.10. The van der Waals surface area contributed by atoms with E-state index in [1.54, 1.807) is 24.3 Å². The summed E-state index contributed by atoms with van der Waals surface area (Å²) in [5.41, 5.74) is 7.35. The molecule has 0 aromatic heterocycles. The van der Waals surface area contributed by atoms with Crippen LogP contribution >= 0.6 is 15.9 Å². The average molecular weight is 394 g/mol. The number of carbonyl (C=O) groups excluding carboxylic acids is 1. The number of phenolic OH excluding ortho intramolecular Hbond substituents is 2. The van der Waals surface area contributed by atoms with Crippen molar-refractivity contribution in [1.29, 1.82) is 0 Å². The molecule has 0 radical (unpaired) electrons. The standard InChI is InChI=1S/C18H20BrNO4/c1-24-17-10-15(19)13(9-16(17)22)8-12(18(20)23)5-2-11-3-6-14(21)7-4-11/h3-4,6-7,9-10,12,21-22H,2,5,8H2,1H3,(H2,20,23). The second-order valence-electron chi connectivity index (χ2n) is 5.62. The Morgan fingerprint density at radius 1 is 1.25 bits per heavy atom. The van der Waals surface area contributed by atoms with E-state index in [0.717, 1.165) is 15.6 Å². The molecule has 4 N–H and O–H groups in total. The number of methoxy groups -OCH3 is 1. The van der Waals surface area contributed by atoms with Gasteiger partial charge in [-0.1, -0.05) is 28.1 Å². The fourth-order valence-electron chi connectivity index (χ4n) is 2.52. The average Bonchev–Trinajstić information content (AvgIpc) is 2.55. The molecule has 1 amide bonds. The number of carbonyl (C=O) groups is 1. The van der Waals surface area contributed by atoms with Crippen molar-refractivity contribution in [2.75, 3.05) is 7.11 Å². The van der Waals surface area contributed by atoms with E-state index in [2.05, 4.69) is 15.9 Å². The van der Waals surface area contributed by atoms with Gasteiger partial charge in [-0.15, -0.1) is 0 Å². The van der Waals surface area contributed by atoms with Crippen molar-refractivity contribution in [3.63, 3.8) is 0 Å². The third-order valence-corrected chi connectivity index (χ3v) is 4.67. The van der Waals surface area contributed by atoms with E-state index in [1.165, 1.54) is 7.11 Å². The Kier molecular flexibility index (Phi) is 6.09. The van der Waals surface area contributed by atoms with Crippen molar-refractivity contribution in [2.24, 2.45) is 11.7 Å². The summed E-state index contributed by atoms with van der Waals surface area (Å²) >= 11 is 3.43. The maximum atomic E-state index is 11.8. The Labute approximate surface area is 149 Å². The topological polar surface area (TPSA) is 92.8 Å². The van der Waals surface area contributed by atoms with Crippen LogP contribution in [0.5, 0.6) is 17.2 Å².